The van der Waals surface area contributed by atoms with Gasteiger partial charge in [0, 0.05) is 12.1 Å². The van der Waals surface area contributed by atoms with E-state index in [9.17, 15) is 9.90 Å². The van der Waals surface area contributed by atoms with Crippen molar-refractivity contribution >= 4 is 17.2 Å². The summed E-state index contributed by atoms with van der Waals surface area (Å²) in [6, 6.07) is 10.3. The number of aliphatic hydroxyl groups excluding tert-OH is 1. The number of thiophene rings is 1. The standard InChI is InChI=1S/C21H27NO2S/c1-15-8-10-16(11-9-15)18-12-14-25-20(18)21(24)22-13-4-6-17-5-2-3-7-19(17)23/h8-12,14,17,19,23H,2-7,13H2,1H3,(H,22,24)/t17-,19-/m1/s1. The molecular formula is C21H27NO2S. The van der Waals surface area contributed by atoms with Crippen LogP contribution in [0.3, 0.4) is 0 Å². The van der Waals surface area contributed by atoms with Crippen molar-refractivity contribution in [2.75, 3.05) is 6.54 Å². The highest BCUT2D eigenvalue weighted by atomic mass is 32.1. The third kappa shape index (κ3) is 4.71. The van der Waals surface area contributed by atoms with E-state index in [2.05, 4.69) is 36.5 Å². The zero-order chi connectivity index (χ0) is 17.6. The van der Waals surface area contributed by atoms with Crippen LogP contribution in [-0.2, 0) is 0 Å². The molecule has 1 aromatic heterocycles. The molecule has 1 saturated carbocycles. The van der Waals surface area contributed by atoms with Gasteiger partial charge in [0.15, 0.2) is 0 Å². The molecule has 1 aliphatic carbocycles. The number of rotatable bonds is 6. The van der Waals surface area contributed by atoms with Gasteiger partial charge in [0.25, 0.3) is 5.91 Å². The largest absolute Gasteiger partial charge is 0.393 e. The Morgan fingerprint density at radius 3 is 2.72 bits per heavy atom. The Hall–Kier alpha value is -1.65. The van der Waals surface area contributed by atoms with E-state index in [0.29, 0.717) is 12.5 Å². The molecule has 4 heteroatoms. The fourth-order valence-electron chi connectivity index (χ4n) is 3.62. The van der Waals surface area contributed by atoms with Crippen LogP contribution in [0, 0.1) is 12.8 Å². The SMILES string of the molecule is Cc1ccc(-c2ccsc2C(=O)NCCC[C@H]2CCCC[C@H]2O)cc1. The Morgan fingerprint density at radius 2 is 1.96 bits per heavy atom. The molecule has 0 aliphatic heterocycles. The fraction of sp³-hybridized carbons (Fsp3) is 0.476. The van der Waals surface area contributed by atoms with E-state index in [1.54, 1.807) is 0 Å². The smallest absolute Gasteiger partial charge is 0.261 e. The van der Waals surface area contributed by atoms with Crippen molar-refractivity contribution in [3.05, 3.63) is 46.2 Å². The maximum absolute atomic E-state index is 12.5. The van der Waals surface area contributed by atoms with E-state index in [1.165, 1.54) is 23.3 Å². The van der Waals surface area contributed by atoms with Crippen molar-refractivity contribution in [2.24, 2.45) is 5.92 Å². The van der Waals surface area contributed by atoms with E-state index in [-0.39, 0.29) is 12.0 Å². The molecule has 134 valence electrons. The van der Waals surface area contributed by atoms with Gasteiger partial charge < -0.3 is 10.4 Å². The van der Waals surface area contributed by atoms with Gasteiger partial charge in [0.2, 0.25) is 0 Å². The zero-order valence-corrected chi connectivity index (χ0v) is 15.6. The molecule has 0 spiro atoms. The van der Waals surface area contributed by atoms with Gasteiger partial charge in [-0.25, -0.2) is 0 Å². The van der Waals surface area contributed by atoms with Gasteiger partial charge >= 0.3 is 0 Å². The normalized spacial score (nSPS) is 20.4. The van der Waals surface area contributed by atoms with Crippen LogP contribution in [0.15, 0.2) is 35.7 Å². The molecule has 0 saturated heterocycles. The second-order valence-electron chi connectivity index (χ2n) is 7.04. The van der Waals surface area contributed by atoms with Crippen molar-refractivity contribution in [3.63, 3.8) is 0 Å². The molecule has 0 bridgehead atoms. The van der Waals surface area contributed by atoms with Gasteiger partial charge in [-0.2, -0.15) is 0 Å². The number of hydrogen-bond acceptors (Lipinski definition) is 3. The predicted molar refractivity (Wildman–Crippen MR) is 104 cm³/mol. The number of benzene rings is 1. The molecule has 25 heavy (non-hydrogen) atoms. The van der Waals surface area contributed by atoms with Gasteiger partial charge in [-0.05, 0) is 55.5 Å². The summed E-state index contributed by atoms with van der Waals surface area (Å²) in [6.07, 6.45) is 6.21. The molecule has 1 aromatic carbocycles. The molecule has 2 N–H and O–H groups in total. The van der Waals surface area contributed by atoms with E-state index in [4.69, 9.17) is 0 Å². The average molecular weight is 358 g/mol. The highest BCUT2D eigenvalue weighted by Gasteiger charge is 2.22. The lowest BCUT2D eigenvalue weighted by Gasteiger charge is -2.27. The first-order chi connectivity index (χ1) is 12.1. The molecule has 1 fully saturated rings. The van der Waals surface area contributed by atoms with Gasteiger partial charge in [-0.3, -0.25) is 4.79 Å². The second kappa shape index (κ2) is 8.63. The van der Waals surface area contributed by atoms with Crippen LogP contribution < -0.4 is 5.32 Å². The van der Waals surface area contributed by atoms with Crippen LogP contribution in [0.25, 0.3) is 11.1 Å². The number of carbonyl (C=O) groups excluding carboxylic acids is 1. The lowest BCUT2D eigenvalue weighted by atomic mass is 9.83. The summed E-state index contributed by atoms with van der Waals surface area (Å²) in [6.45, 7) is 2.74. The summed E-state index contributed by atoms with van der Waals surface area (Å²) in [5.74, 6) is 0.422. The van der Waals surface area contributed by atoms with Crippen LogP contribution >= 0.6 is 11.3 Å². The second-order valence-corrected chi connectivity index (χ2v) is 7.96. The summed E-state index contributed by atoms with van der Waals surface area (Å²) in [7, 11) is 0. The molecule has 0 radical (unpaired) electrons. The Bertz CT molecular complexity index is 692. The molecule has 1 amide bonds. The Balaban J connectivity index is 1.52. The number of aliphatic hydroxyl groups is 1. The van der Waals surface area contributed by atoms with Gasteiger partial charge in [-0.15, -0.1) is 11.3 Å². The lowest BCUT2D eigenvalue weighted by molar-refractivity contribution is 0.0641. The van der Waals surface area contributed by atoms with E-state index in [0.717, 1.165) is 48.1 Å². The quantitative estimate of drug-likeness (QED) is 0.731. The maximum atomic E-state index is 12.5. The minimum absolute atomic E-state index is 0.00904. The van der Waals surface area contributed by atoms with Crippen molar-refractivity contribution in [1.82, 2.24) is 5.32 Å². The third-order valence-electron chi connectivity index (χ3n) is 5.14. The van der Waals surface area contributed by atoms with Gasteiger partial charge in [0.1, 0.15) is 0 Å². The van der Waals surface area contributed by atoms with Gasteiger partial charge in [-0.1, -0.05) is 42.7 Å². The highest BCUT2D eigenvalue weighted by molar-refractivity contribution is 7.12. The maximum Gasteiger partial charge on any atom is 0.261 e. The number of carbonyl (C=O) groups is 1. The highest BCUT2D eigenvalue weighted by Crippen LogP contribution is 2.29. The third-order valence-corrected chi connectivity index (χ3v) is 6.05. The van der Waals surface area contributed by atoms with Crippen LogP contribution in [0.1, 0.15) is 53.8 Å². The Kier molecular flexibility index (Phi) is 6.27. The number of hydrogen-bond donors (Lipinski definition) is 2. The minimum Gasteiger partial charge on any atom is -0.393 e. The molecule has 2 atom stereocenters. The van der Waals surface area contributed by atoms with Gasteiger partial charge in [0.05, 0.1) is 11.0 Å². The first-order valence-corrected chi connectivity index (χ1v) is 10.1. The summed E-state index contributed by atoms with van der Waals surface area (Å²) in [5.41, 5.74) is 3.31. The number of nitrogens with one attached hydrogen (secondary N) is 1. The Morgan fingerprint density at radius 1 is 1.20 bits per heavy atom. The molecule has 1 aliphatic rings. The molecule has 3 rings (SSSR count). The van der Waals surface area contributed by atoms with E-state index in [1.807, 2.05) is 11.4 Å². The summed E-state index contributed by atoms with van der Waals surface area (Å²) >= 11 is 1.49. The van der Waals surface area contributed by atoms with Crippen molar-refractivity contribution < 1.29 is 9.90 Å². The minimum atomic E-state index is -0.144. The van der Waals surface area contributed by atoms with Crippen LogP contribution in [0.5, 0.6) is 0 Å². The topological polar surface area (TPSA) is 49.3 Å². The average Bonchev–Trinajstić information content (AvgIpc) is 3.10. The van der Waals surface area contributed by atoms with Crippen LogP contribution in [-0.4, -0.2) is 23.7 Å². The summed E-state index contributed by atoms with van der Waals surface area (Å²) in [4.78, 5) is 13.3. The zero-order valence-electron chi connectivity index (χ0n) is 14.8. The number of aryl methyl sites for hydroxylation is 1. The molecule has 1 heterocycles. The van der Waals surface area contributed by atoms with Crippen molar-refractivity contribution in [2.45, 2.75) is 51.6 Å². The molecule has 3 nitrogen and oxygen atoms in total. The summed E-state index contributed by atoms with van der Waals surface area (Å²) < 4.78 is 0. The van der Waals surface area contributed by atoms with E-state index < -0.39 is 0 Å². The summed E-state index contributed by atoms with van der Waals surface area (Å²) in [5, 5.41) is 15.0. The van der Waals surface area contributed by atoms with Crippen LogP contribution in [0.2, 0.25) is 0 Å². The monoisotopic (exact) mass is 357 g/mol. The van der Waals surface area contributed by atoms with Crippen LogP contribution in [0.4, 0.5) is 0 Å². The molecular weight excluding hydrogens is 330 g/mol. The first kappa shape index (κ1) is 18.2. The molecule has 0 unspecified atom stereocenters. The lowest BCUT2D eigenvalue weighted by Crippen LogP contribution is -2.27. The molecule has 2 aromatic rings. The fourth-order valence-corrected chi connectivity index (χ4v) is 4.45. The van der Waals surface area contributed by atoms with Crippen molar-refractivity contribution in [3.8, 4) is 11.1 Å². The Labute approximate surface area is 154 Å². The van der Waals surface area contributed by atoms with Crippen molar-refractivity contribution in [1.29, 1.82) is 0 Å². The number of amides is 1. The first-order valence-electron chi connectivity index (χ1n) is 9.26. The van der Waals surface area contributed by atoms with E-state index >= 15 is 0 Å². The predicted octanol–water partition coefficient (Wildman–Crippen LogP) is 4.78.